The monoisotopic (exact) mass is 428 g/mol. The van der Waals surface area contributed by atoms with Crippen LogP contribution in [0.2, 0.25) is 0 Å². The van der Waals surface area contributed by atoms with E-state index in [1.54, 1.807) is 13.8 Å². The molecule has 0 aliphatic carbocycles. The van der Waals surface area contributed by atoms with Gasteiger partial charge in [-0.05, 0) is 43.0 Å². The normalized spacial score (nSPS) is 17.7. The molecule has 0 amide bonds. The van der Waals surface area contributed by atoms with E-state index in [9.17, 15) is 4.79 Å². The Morgan fingerprint density at radius 3 is 2.38 bits per heavy atom. The average molecular weight is 429 g/mol. The Kier molecular flexibility index (Phi) is 6.42. The first-order valence-electron chi connectivity index (χ1n) is 10.8. The van der Waals surface area contributed by atoms with E-state index in [2.05, 4.69) is 67.6 Å². The highest BCUT2D eigenvalue weighted by atomic mass is 16.6. The zero-order valence-corrected chi connectivity index (χ0v) is 19.0. The molecular weight excluding hydrogens is 400 g/mol. The lowest BCUT2D eigenvalue weighted by Crippen LogP contribution is -2.15. The molecule has 0 spiro atoms. The fourth-order valence-corrected chi connectivity index (χ4v) is 4.10. The molecule has 1 aliphatic heterocycles. The highest BCUT2D eigenvalue weighted by molar-refractivity contribution is 5.66. The van der Waals surface area contributed by atoms with E-state index in [0.29, 0.717) is 29.9 Å². The Balaban J connectivity index is 1.49. The second-order valence-corrected chi connectivity index (χ2v) is 8.22. The van der Waals surface area contributed by atoms with E-state index in [1.165, 1.54) is 23.8 Å². The third-order valence-electron chi connectivity index (χ3n) is 5.80. The fraction of sp³-hybridized carbons (Fsp3) is 0.250. The maximum atomic E-state index is 12.5. The smallest absolute Gasteiger partial charge is 0.291 e. The van der Waals surface area contributed by atoms with E-state index in [-0.39, 0.29) is 17.5 Å². The summed E-state index contributed by atoms with van der Waals surface area (Å²) >= 11 is 0. The quantitative estimate of drug-likeness (QED) is 0.470. The molecule has 4 heteroatoms. The molecule has 4 nitrogen and oxygen atoms in total. The highest BCUT2D eigenvalue weighted by Gasteiger charge is 2.28. The van der Waals surface area contributed by atoms with Crippen LogP contribution >= 0.6 is 0 Å². The fourth-order valence-electron chi connectivity index (χ4n) is 4.10. The molecule has 32 heavy (non-hydrogen) atoms. The predicted octanol–water partition coefficient (Wildman–Crippen LogP) is 6.42. The van der Waals surface area contributed by atoms with Crippen molar-refractivity contribution in [3.05, 3.63) is 104 Å². The Hall–Kier alpha value is -3.37. The lowest BCUT2D eigenvalue weighted by atomic mass is 10.0. The molecule has 2 heterocycles. The Labute approximate surface area is 188 Å². The summed E-state index contributed by atoms with van der Waals surface area (Å²) in [6.07, 6.45) is 4.73. The third-order valence-corrected chi connectivity index (χ3v) is 5.80. The van der Waals surface area contributed by atoms with Gasteiger partial charge in [0, 0.05) is 12.0 Å². The minimum atomic E-state index is -0.276. The number of methoxy groups -OCH3 is 1. The number of rotatable bonds is 5. The van der Waals surface area contributed by atoms with E-state index < -0.39 is 0 Å². The second-order valence-electron chi connectivity index (χ2n) is 8.22. The molecule has 1 aromatic heterocycles. The van der Waals surface area contributed by atoms with Crippen LogP contribution in [0.4, 0.5) is 0 Å². The van der Waals surface area contributed by atoms with Crippen molar-refractivity contribution in [2.75, 3.05) is 13.7 Å². The van der Waals surface area contributed by atoms with Crippen molar-refractivity contribution in [1.29, 1.82) is 0 Å². The largest absolute Gasteiger partial charge is 0.468 e. The van der Waals surface area contributed by atoms with E-state index in [1.807, 2.05) is 6.07 Å². The van der Waals surface area contributed by atoms with Crippen molar-refractivity contribution in [3.8, 4) is 17.1 Å². The van der Waals surface area contributed by atoms with Gasteiger partial charge in [0.05, 0.1) is 19.3 Å². The van der Waals surface area contributed by atoms with Crippen molar-refractivity contribution < 1.29 is 13.9 Å². The van der Waals surface area contributed by atoms with Crippen molar-refractivity contribution in [2.45, 2.75) is 33.3 Å². The topological polar surface area (TPSA) is 48.7 Å². The highest BCUT2D eigenvalue weighted by Crippen LogP contribution is 2.35. The van der Waals surface area contributed by atoms with E-state index >= 15 is 0 Å². The SMILES string of the molecule is COc1oc([C@H]2C/C(=C/C(C)=C/c3ccc(-c4ccccc4)cc3)CO2)c(C)c(=O)c1C. The van der Waals surface area contributed by atoms with E-state index in [0.717, 1.165) is 11.1 Å². The summed E-state index contributed by atoms with van der Waals surface area (Å²) in [4.78, 5) is 12.5. The number of ether oxygens (including phenoxy) is 2. The summed E-state index contributed by atoms with van der Waals surface area (Å²) in [5.74, 6) is 0.811. The molecule has 1 fully saturated rings. The minimum Gasteiger partial charge on any atom is -0.468 e. The first-order chi connectivity index (χ1) is 15.5. The molecular formula is C28H28O4. The zero-order valence-electron chi connectivity index (χ0n) is 19.0. The van der Waals surface area contributed by atoms with Gasteiger partial charge in [-0.3, -0.25) is 4.79 Å². The molecule has 0 saturated carbocycles. The van der Waals surface area contributed by atoms with Gasteiger partial charge < -0.3 is 13.9 Å². The molecule has 164 valence electrons. The lowest BCUT2D eigenvalue weighted by molar-refractivity contribution is 0.0880. The second kappa shape index (κ2) is 9.41. The van der Waals surface area contributed by atoms with Gasteiger partial charge in [0.1, 0.15) is 11.9 Å². The molecule has 1 aliphatic rings. The van der Waals surface area contributed by atoms with Crippen molar-refractivity contribution >= 4 is 6.08 Å². The van der Waals surface area contributed by atoms with Gasteiger partial charge in [-0.2, -0.15) is 0 Å². The first kappa shape index (κ1) is 21.8. The van der Waals surface area contributed by atoms with Gasteiger partial charge in [0.2, 0.25) is 0 Å². The van der Waals surface area contributed by atoms with Crippen LogP contribution in [0.3, 0.4) is 0 Å². The van der Waals surface area contributed by atoms with Crippen LogP contribution in [0.5, 0.6) is 5.95 Å². The van der Waals surface area contributed by atoms with Gasteiger partial charge in [-0.15, -0.1) is 0 Å². The molecule has 0 unspecified atom stereocenters. The predicted molar refractivity (Wildman–Crippen MR) is 128 cm³/mol. The van der Waals surface area contributed by atoms with Crippen LogP contribution in [0, 0.1) is 13.8 Å². The third kappa shape index (κ3) is 4.61. The van der Waals surface area contributed by atoms with Crippen LogP contribution in [0.15, 0.2) is 81.0 Å². The van der Waals surface area contributed by atoms with Gasteiger partial charge >= 0.3 is 0 Å². The number of allylic oxidation sites excluding steroid dienone is 2. The molecule has 0 N–H and O–H groups in total. The summed E-state index contributed by atoms with van der Waals surface area (Å²) in [5, 5.41) is 0. The average Bonchev–Trinajstić information content (AvgIpc) is 3.27. The first-order valence-corrected chi connectivity index (χ1v) is 10.8. The maximum absolute atomic E-state index is 12.5. The minimum absolute atomic E-state index is 0.0563. The molecule has 0 radical (unpaired) electrons. The van der Waals surface area contributed by atoms with Gasteiger partial charge in [0.25, 0.3) is 5.95 Å². The van der Waals surface area contributed by atoms with Crippen LogP contribution in [0.1, 0.15) is 41.9 Å². The number of hydrogen-bond acceptors (Lipinski definition) is 4. The zero-order chi connectivity index (χ0) is 22.7. The number of hydrogen-bond donors (Lipinski definition) is 0. The van der Waals surface area contributed by atoms with Crippen molar-refractivity contribution in [3.63, 3.8) is 0 Å². The molecule has 4 rings (SSSR count). The molecule has 1 saturated heterocycles. The van der Waals surface area contributed by atoms with Gasteiger partial charge in [-0.25, -0.2) is 0 Å². The Morgan fingerprint density at radius 1 is 1.00 bits per heavy atom. The summed E-state index contributed by atoms with van der Waals surface area (Å²) in [5.41, 5.74) is 6.91. The van der Waals surface area contributed by atoms with Crippen LogP contribution in [0.25, 0.3) is 17.2 Å². The summed E-state index contributed by atoms with van der Waals surface area (Å²) in [6.45, 7) is 6.10. The lowest BCUT2D eigenvalue weighted by Gasteiger charge is -2.13. The standard InChI is InChI=1S/C28H28O4/c1-18(14-21-10-12-24(13-11-21)23-8-6-5-7-9-23)15-22-16-25(31-17-22)27-19(2)26(29)20(3)28(30-4)32-27/h5-15,25H,16-17H2,1-4H3/b18-14+,22-15-/t25-/m1/s1. The van der Waals surface area contributed by atoms with Crippen LogP contribution in [-0.4, -0.2) is 13.7 Å². The summed E-state index contributed by atoms with van der Waals surface area (Å²) < 4.78 is 17.0. The molecule has 1 atom stereocenters. The number of benzene rings is 2. The van der Waals surface area contributed by atoms with Crippen LogP contribution in [-0.2, 0) is 4.74 Å². The van der Waals surface area contributed by atoms with Gasteiger partial charge in [0.15, 0.2) is 5.43 Å². The molecule has 0 bridgehead atoms. The Bertz CT molecular complexity index is 1210. The van der Waals surface area contributed by atoms with Gasteiger partial charge in [-0.1, -0.05) is 72.3 Å². The Morgan fingerprint density at radius 2 is 1.69 bits per heavy atom. The molecule has 2 aromatic carbocycles. The summed E-state index contributed by atoms with van der Waals surface area (Å²) in [7, 11) is 1.51. The van der Waals surface area contributed by atoms with E-state index in [4.69, 9.17) is 13.9 Å². The van der Waals surface area contributed by atoms with Crippen molar-refractivity contribution in [1.82, 2.24) is 0 Å². The maximum Gasteiger partial charge on any atom is 0.291 e. The molecule has 3 aromatic rings. The van der Waals surface area contributed by atoms with Crippen LogP contribution < -0.4 is 10.2 Å². The summed E-state index contributed by atoms with van der Waals surface area (Å²) in [6, 6.07) is 18.9. The van der Waals surface area contributed by atoms with Crippen molar-refractivity contribution in [2.24, 2.45) is 0 Å².